The second-order valence-electron chi connectivity index (χ2n) is 5.88. The fraction of sp³-hybridized carbons (Fsp3) is 0.625. The minimum Gasteiger partial charge on any atom is -0.381 e. The Hall–Kier alpha value is -0.580. The number of hydrogen-bond acceptors (Lipinski definition) is 3. The molecule has 110 valence electrons. The first-order valence-electron chi connectivity index (χ1n) is 7.63. The molecule has 2 fully saturated rings. The molecule has 0 spiro atoms. The summed E-state index contributed by atoms with van der Waals surface area (Å²) in [6, 6.07) is 9.30. The zero-order valence-electron chi connectivity index (χ0n) is 11.9. The van der Waals surface area contributed by atoms with Crippen molar-refractivity contribution >= 4 is 21.6 Å². The fourth-order valence-corrected chi connectivity index (χ4v) is 3.53. The molecule has 3 rings (SSSR count). The van der Waals surface area contributed by atoms with E-state index in [9.17, 15) is 0 Å². The lowest BCUT2D eigenvalue weighted by Crippen LogP contribution is -2.38. The Balaban J connectivity index is 1.47. The number of ether oxygens (including phenoxy) is 1. The van der Waals surface area contributed by atoms with E-state index in [-0.39, 0.29) is 0 Å². The molecule has 0 radical (unpaired) electrons. The summed E-state index contributed by atoms with van der Waals surface area (Å²) in [6.07, 6.45) is 3.63. The maximum Gasteiger partial charge on any atom is 0.0480 e. The number of hydrogen-bond donors (Lipinski definition) is 1. The average molecular weight is 339 g/mol. The smallest absolute Gasteiger partial charge is 0.0480 e. The highest BCUT2D eigenvalue weighted by Gasteiger charge is 2.24. The first-order chi connectivity index (χ1) is 9.81. The van der Waals surface area contributed by atoms with E-state index in [1.807, 2.05) is 0 Å². The predicted molar refractivity (Wildman–Crippen MR) is 86.3 cm³/mol. The molecule has 1 aromatic rings. The molecule has 3 nitrogen and oxygen atoms in total. The van der Waals surface area contributed by atoms with Crippen molar-refractivity contribution in [2.75, 3.05) is 37.7 Å². The van der Waals surface area contributed by atoms with Crippen molar-refractivity contribution in [3.8, 4) is 0 Å². The molecule has 1 aromatic carbocycles. The largest absolute Gasteiger partial charge is 0.381 e. The highest BCUT2D eigenvalue weighted by molar-refractivity contribution is 9.10. The Morgan fingerprint density at radius 2 is 2.10 bits per heavy atom. The van der Waals surface area contributed by atoms with Gasteiger partial charge in [0.15, 0.2) is 0 Å². The van der Waals surface area contributed by atoms with Crippen LogP contribution in [0.5, 0.6) is 0 Å². The standard InChI is InChI=1S/C16H23BrN2O/c17-14-2-1-3-16(10-14)19-7-4-13(12-19)11-18-15-5-8-20-9-6-15/h1-3,10,13,15,18H,4-9,11-12H2. The van der Waals surface area contributed by atoms with Gasteiger partial charge in [-0.25, -0.2) is 0 Å². The van der Waals surface area contributed by atoms with Gasteiger partial charge in [0.25, 0.3) is 0 Å². The van der Waals surface area contributed by atoms with Gasteiger partial charge in [-0.1, -0.05) is 22.0 Å². The SMILES string of the molecule is Brc1cccc(N2CCC(CNC3CCOCC3)C2)c1. The molecule has 0 aromatic heterocycles. The Bertz CT molecular complexity index is 434. The molecule has 1 unspecified atom stereocenters. The summed E-state index contributed by atoms with van der Waals surface area (Å²) >= 11 is 3.56. The van der Waals surface area contributed by atoms with E-state index >= 15 is 0 Å². The van der Waals surface area contributed by atoms with E-state index in [1.54, 1.807) is 0 Å². The molecule has 20 heavy (non-hydrogen) atoms. The van der Waals surface area contributed by atoms with Crippen molar-refractivity contribution in [1.29, 1.82) is 0 Å². The number of benzene rings is 1. The second-order valence-corrected chi connectivity index (χ2v) is 6.79. The molecule has 1 N–H and O–H groups in total. The Morgan fingerprint density at radius 3 is 2.90 bits per heavy atom. The van der Waals surface area contributed by atoms with Gasteiger partial charge in [-0.15, -0.1) is 0 Å². The third-order valence-electron chi connectivity index (χ3n) is 4.38. The first-order valence-corrected chi connectivity index (χ1v) is 8.42. The van der Waals surface area contributed by atoms with Gasteiger partial charge in [0.1, 0.15) is 0 Å². The summed E-state index contributed by atoms with van der Waals surface area (Å²) in [7, 11) is 0. The molecule has 0 amide bonds. The summed E-state index contributed by atoms with van der Waals surface area (Å²) in [4.78, 5) is 2.50. The topological polar surface area (TPSA) is 24.5 Å². The average Bonchev–Trinajstić information content (AvgIpc) is 2.95. The molecule has 0 saturated carbocycles. The van der Waals surface area contributed by atoms with Crippen molar-refractivity contribution in [3.05, 3.63) is 28.7 Å². The molecule has 1 atom stereocenters. The van der Waals surface area contributed by atoms with Crippen LogP contribution in [0.15, 0.2) is 28.7 Å². The van der Waals surface area contributed by atoms with Crippen LogP contribution in [0.25, 0.3) is 0 Å². The monoisotopic (exact) mass is 338 g/mol. The Morgan fingerprint density at radius 1 is 1.25 bits per heavy atom. The molecule has 2 aliphatic heterocycles. The van der Waals surface area contributed by atoms with Crippen LogP contribution in [-0.4, -0.2) is 38.9 Å². The molecule has 0 bridgehead atoms. The van der Waals surface area contributed by atoms with Crippen molar-refractivity contribution in [3.63, 3.8) is 0 Å². The van der Waals surface area contributed by atoms with Crippen LogP contribution < -0.4 is 10.2 Å². The van der Waals surface area contributed by atoms with Crippen LogP contribution in [0.3, 0.4) is 0 Å². The van der Waals surface area contributed by atoms with Crippen LogP contribution in [0, 0.1) is 5.92 Å². The molecular formula is C16H23BrN2O. The Kier molecular flexibility index (Phi) is 4.97. The number of anilines is 1. The van der Waals surface area contributed by atoms with Gasteiger partial charge in [0, 0.05) is 42.5 Å². The molecule has 2 aliphatic rings. The third kappa shape index (κ3) is 3.74. The van der Waals surface area contributed by atoms with Crippen molar-refractivity contribution in [2.24, 2.45) is 5.92 Å². The van der Waals surface area contributed by atoms with Gasteiger partial charge in [0.05, 0.1) is 0 Å². The zero-order valence-corrected chi connectivity index (χ0v) is 13.4. The second kappa shape index (κ2) is 6.92. The van der Waals surface area contributed by atoms with E-state index in [0.29, 0.717) is 6.04 Å². The maximum atomic E-state index is 5.40. The van der Waals surface area contributed by atoms with E-state index in [2.05, 4.69) is 50.4 Å². The lowest BCUT2D eigenvalue weighted by molar-refractivity contribution is 0.0771. The van der Waals surface area contributed by atoms with Crippen LogP contribution in [0.1, 0.15) is 19.3 Å². The summed E-state index contributed by atoms with van der Waals surface area (Å²) in [6.45, 7) is 5.34. The lowest BCUT2D eigenvalue weighted by Gasteiger charge is -2.25. The molecular weight excluding hydrogens is 316 g/mol. The van der Waals surface area contributed by atoms with Gasteiger partial charge in [0.2, 0.25) is 0 Å². The normalized spacial score (nSPS) is 24.2. The maximum absolute atomic E-state index is 5.40. The van der Waals surface area contributed by atoms with Crippen LogP contribution in [-0.2, 0) is 4.74 Å². The summed E-state index contributed by atoms with van der Waals surface area (Å²) in [5, 5.41) is 3.73. The van der Waals surface area contributed by atoms with Gasteiger partial charge in [-0.3, -0.25) is 0 Å². The number of halogens is 1. The van der Waals surface area contributed by atoms with Crippen molar-refractivity contribution in [2.45, 2.75) is 25.3 Å². The van der Waals surface area contributed by atoms with E-state index in [4.69, 9.17) is 4.74 Å². The quantitative estimate of drug-likeness (QED) is 0.913. The van der Waals surface area contributed by atoms with Gasteiger partial charge < -0.3 is 15.0 Å². The summed E-state index contributed by atoms with van der Waals surface area (Å²) in [5.74, 6) is 0.775. The van der Waals surface area contributed by atoms with Crippen LogP contribution in [0.2, 0.25) is 0 Å². The number of nitrogens with zero attached hydrogens (tertiary/aromatic N) is 1. The van der Waals surface area contributed by atoms with Crippen molar-refractivity contribution < 1.29 is 4.74 Å². The minimum atomic E-state index is 0.670. The number of nitrogens with one attached hydrogen (secondary N) is 1. The zero-order chi connectivity index (χ0) is 13.8. The summed E-state index contributed by atoms with van der Waals surface area (Å²) < 4.78 is 6.57. The van der Waals surface area contributed by atoms with Crippen LogP contribution >= 0.6 is 15.9 Å². The molecule has 2 heterocycles. The van der Waals surface area contributed by atoms with Gasteiger partial charge in [-0.05, 0) is 49.9 Å². The third-order valence-corrected chi connectivity index (χ3v) is 4.87. The minimum absolute atomic E-state index is 0.670. The molecule has 4 heteroatoms. The number of rotatable bonds is 4. The van der Waals surface area contributed by atoms with Gasteiger partial charge >= 0.3 is 0 Å². The highest BCUT2D eigenvalue weighted by Crippen LogP contribution is 2.26. The fourth-order valence-electron chi connectivity index (χ4n) is 3.14. The van der Waals surface area contributed by atoms with Crippen LogP contribution in [0.4, 0.5) is 5.69 Å². The van der Waals surface area contributed by atoms with E-state index in [1.165, 1.54) is 42.5 Å². The highest BCUT2D eigenvalue weighted by atomic mass is 79.9. The van der Waals surface area contributed by atoms with E-state index in [0.717, 1.165) is 25.7 Å². The molecule has 2 saturated heterocycles. The van der Waals surface area contributed by atoms with Gasteiger partial charge in [-0.2, -0.15) is 0 Å². The summed E-state index contributed by atoms with van der Waals surface area (Å²) in [5.41, 5.74) is 1.34. The Labute approximate surface area is 129 Å². The predicted octanol–water partition coefficient (Wildman–Crippen LogP) is 3.04. The first kappa shape index (κ1) is 14.4. The van der Waals surface area contributed by atoms with Crippen molar-refractivity contribution in [1.82, 2.24) is 5.32 Å². The molecule has 0 aliphatic carbocycles. The lowest BCUT2D eigenvalue weighted by atomic mass is 10.1. The van der Waals surface area contributed by atoms with E-state index < -0.39 is 0 Å².